The molecule has 1 aromatic heterocycles. The van der Waals surface area contributed by atoms with Crippen LogP contribution in [-0.2, 0) is 4.74 Å². The first-order valence-corrected chi connectivity index (χ1v) is 5.57. The SMILES string of the molecule is CCOCC=Nc1cc2ccccc2nc1N. The summed E-state index contributed by atoms with van der Waals surface area (Å²) in [5.41, 5.74) is 7.40. The van der Waals surface area contributed by atoms with Gasteiger partial charge in [0.2, 0.25) is 0 Å². The van der Waals surface area contributed by atoms with E-state index in [1.165, 1.54) is 0 Å². The van der Waals surface area contributed by atoms with Crippen molar-refractivity contribution in [2.24, 2.45) is 4.99 Å². The highest BCUT2D eigenvalue weighted by Crippen LogP contribution is 2.24. The third-order valence-electron chi connectivity index (χ3n) is 2.36. The number of rotatable bonds is 4. The molecule has 0 saturated carbocycles. The van der Waals surface area contributed by atoms with Crippen molar-refractivity contribution in [1.82, 2.24) is 4.98 Å². The highest BCUT2D eigenvalue weighted by molar-refractivity contribution is 5.86. The smallest absolute Gasteiger partial charge is 0.150 e. The molecule has 4 heteroatoms. The van der Waals surface area contributed by atoms with Crippen LogP contribution in [0.15, 0.2) is 35.3 Å². The zero-order valence-electron chi connectivity index (χ0n) is 9.76. The Hall–Kier alpha value is -1.94. The maximum Gasteiger partial charge on any atom is 0.150 e. The van der Waals surface area contributed by atoms with Crippen LogP contribution in [0.4, 0.5) is 11.5 Å². The molecule has 2 aromatic rings. The van der Waals surface area contributed by atoms with E-state index < -0.39 is 0 Å². The predicted molar refractivity (Wildman–Crippen MR) is 70.8 cm³/mol. The van der Waals surface area contributed by atoms with Crippen molar-refractivity contribution in [3.8, 4) is 0 Å². The van der Waals surface area contributed by atoms with Crippen molar-refractivity contribution in [2.75, 3.05) is 18.9 Å². The maximum atomic E-state index is 5.84. The van der Waals surface area contributed by atoms with Gasteiger partial charge in [-0.3, -0.25) is 4.99 Å². The number of anilines is 1. The molecule has 0 radical (unpaired) electrons. The molecule has 0 spiro atoms. The third kappa shape index (κ3) is 2.79. The molecule has 88 valence electrons. The molecule has 0 saturated heterocycles. The Labute approximate surface area is 100 Å². The van der Waals surface area contributed by atoms with E-state index in [9.17, 15) is 0 Å². The van der Waals surface area contributed by atoms with Crippen LogP contribution in [0.25, 0.3) is 10.9 Å². The van der Waals surface area contributed by atoms with Crippen LogP contribution in [0.5, 0.6) is 0 Å². The van der Waals surface area contributed by atoms with Crippen molar-refractivity contribution >= 4 is 28.6 Å². The van der Waals surface area contributed by atoms with E-state index in [0.717, 1.165) is 10.9 Å². The number of nitrogens with zero attached hydrogens (tertiary/aromatic N) is 2. The molecule has 0 aliphatic rings. The van der Waals surface area contributed by atoms with Gasteiger partial charge in [0.15, 0.2) is 0 Å². The Kier molecular flexibility index (Phi) is 3.67. The zero-order valence-corrected chi connectivity index (χ0v) is 9.76. The van der Waals surface area contributed by atoms with Gasteiger partial charge in [0.1, 0.15) is 11.5 Å². The summed E-state index contributed by atoms with van der Waals surface area (Å²) < 4.78 is 5.17. The molecule has 17 heavy (non-hydrogen) atoms. The van der Waals surface area contributed by atoms with E-state index in [-0.39, 0.29) is 0 Å². The Morgan fingerprint density at radius 2 is 2.24 bits per heavy atom. The summed E-state index contributed by atoms with van der Waals surface area (Å²) in [5.74, 6) is 0.441. The molecule has 1 aromatic carbocycles. The van der Waals surface area contributed by atoms with Crippen LogP contribution in [0.3, 0.4) is 0 Å². The fourth-order valence-corrected chi connectivity index (χ4v) is 1.53. The number of hydrogen-bond acceptors (Lipinski definition) is 4. The quantitative estimate of drug-likeness (QED) is 0.647. The van der Waals surface area contributed by atoms with E-state index >= 15 is 0 Å². The molecule has 0 aliphatic heterocycles. The first kappa shape index (κ1) is 11.5. The number of aliphatic imine (C=N–C) groups is 1. The Bertz CT molecular complexity index is 537. The van der Waals surface area contributed by atoms with Crippen molar-refractivity contribution in [3.05, 3.63) is 30.3 Å². The van der Waals surface area contributed by atoms with Gasteiger partial charge in [0.25, 0.3) is 0 Å². The second kappa shape index (κ2) is 5.41. The standard InChI is InChI=1S/C13H15N3O/c1-2-17-8-7-15-12-9-10-5-3-4-6-11(10)16-13(12)14/h3-7,9H,2,8H2,1H3,(H2,14,16). The molecule has 2 N–H and O–H groups in total. The second-order valence-electron chi connectivity index (χ2n) is 3.56. The Morgan fingerprint density at radius 3 is 3.06 bits per heavy atom. The minimum atomic E-state index is 0.441. The van der Waals surface area contributed by atoms with Gasteiger partial charge in [0.05, 0.1) is 12.1 Å². The van der Waals surface area contributed by atoms with Gasteiger partial charge < -0.3 is 10.5 Å². The van der Waals surface area contributed by atoms with Crippen molar-refractivity contribution in [1.29, 1.82) is 0 Å². The van der Waals surface area contributed by atoms with Gasteiger partial charge in [-0.2, -0.15) is 0 Å². The highest BCUT2D eigenvalue weighted by Gasteiger charge is 2.01. The molecule has 0 atom stereocenters. The lowest BCUT2D eigenvalue weighted by molar-refractivity contribution is 0.190. The summed E-state index contributed by atoms with van der Waals surface area (Å²) in [4.78, 5) is 8.55. The van der Waals surface area contributed by atoms with E-state index in [2.05, 4.69) is 9.98 Å². The van der Waals surface area contributed by atoms with Crippen LogP contribution in [0.2, 0.25) is 0 Å². The Balaban J connectivity index is 2.28. The number of pyridine rings is 1. The lowest BCUT2D eigenvalue weighted by atomic mass is 10.2. The van der Waals surface area contributed by atoms with Gasteiger partial charge in [-0.15, -0.1) is 0 Å². The number of fused-ring (bicyclic) bond motifs is 1. The molecule has 0 aliphatic carbocycles. The first-order chi connectivity index (χ1) is 8.31. The van der Waals surface area contributed by atoms with Crippen LogP contribution in [-0.4, -0.2) is 24.4 Å². The summed E-state index contributed by atoms with van der Waals surface area (Å²) in [6, 6.07) is 9.75. The van der Waals surface area contributed by atoms with Gasteiger partial charge in [-0.05, 0) is 19.1 Å². The minimum absolute atomic E-state index is 0.441. The van der Waals surface area contributed by atoms with E-state index in [1.54, 1.807) is 6.21 Å². The number of ether oxygens (including phenoxy) is 1. The largest absolute Gasteiger partial charge is 0.382 e. The number of benzene rings is 1. The van der Waals surface area contributed by atoms with E-state index in [4.69, 9.17) is 10.5 Å². The number of hydrogen-bond donors (Lipinski definition) is 1. The van der Waals surface area contributed by atoms with Gasteiger partial charge in [-0.25, -0.2) is 4.98 Å². The molecule has 0 amide bonds. The monoisotopic (exact) mass is 229 g/mol. The van der Waals surface area contributed by atoms with E-state index in [0.29, 0.717) is 24.7 Å². The van der Waals surface area contributed by atoms with Gasteiger partial charge >= 0.3 is 0 Å². The topological polar surface area (TPSA) is 60.5 Å². The van der Waals surface area contributed by atoms with Gasteiger partial charge in [-0.1, -0.05) is 18.2 Å². The minimum Gasteiger partial charge on any atom is -0.382 e. The normalized spacial score (nSPS) is 11.4. The Morgan fingerprint density at radius 1 is 1.41 bits per heavy atom. The predicted octanol–water partition coefficient (Wildman–Crippen LogP) is 2.56. The highest BCUT2D eigenvalue weighted by atomic mass is 16.5. The molecule has 0 bridgehead atoms. The molecular formula is C13H15N3O. The number of aromatic nitrogens is 1. The summed E-state index contributed by atoms with van der Waals surface area (Å²) in [5, 5.41) is 1.03. The number of nitrogens with two attached hydrogens (primary N) is 1. The summed E-state index contributed by atoms with van der Waals surface area (Å²) in [6.45, 7) is 3.11. The second-order valence-corrected chi connectivity index (χ2v) is 3.56. The average molecular weight is 229 g/mol. The summed E-state index contributed by atoms with van der Waals surface area (Å²) >= 11 is 0. The van der Waals surface area contributed by atoms with Crippen molar-refractivity contribution in [3.63, 3.8) is 0 Å². The molecular weight excluding hydrogens is 214 g/mol. The fourth-order valence-electron chi connectivity index (χ4n) is 1.53. The summed E-state index contributed by atoms with van der Waals surface area (Å²) in [7, 11) is 0. The van der Waals surface area contributed by atoms with Crippen molar-refractivity contribution < 1.29 is 4.74 Å². The van der Waals surface area contributed by atoms with Crippen molar-refractivity contribution in [2.45, 2.75) is 6.92 Å². The van der Waals surface area contributed by atoms with Crippen LogP contribution < -0.4 is 5.73 Å². The average Bonchev–Trinajstić information content (AvgIpc) is 2.35. The molecule has 4 nitrogen and oxygen atoms in total. The van der Waals surface area contributed by atoms with Gasteiger partial charge in [0, 0.05) is 18.2 Å². The molecule has 0 fully saturated rings. The van der Waals surface area contributed by atoms with Crippen LogP contribution in [0.1, 0.15) is 6.92 Å². The maximum absolute atomic E-state index is 5.84. The third-order valence-corrected chi connectivity index (χ3v) is 2.36. The molecule has 2 rings (SSSR count). The molecule has 1 heterocycles. The number of para-hydroxylation sites is 1. The fraction of sp³-hybridized carbons (Fsp3) is 0.231. The zero-order chi connectivity index (χ0) is 12.1. The summed E-state index contributed by atoms with van der Waals surface area (Å²) in [6.07, 6.45) is 1.70. The lowest BCUT2D eigenvalue weighted by Crippen LogP contribution is -1.95. The van der Waals surface area contributed by atoms with E-state index in [1.807, 2.05) is 37.3 Å². The number of nitrogen functional groups attached to an aromatic ring is 1. The first-order valence-electron chi connectivity index (χ1n) is 5.57. The molecule has 0 unspecified atom stereocenters. The lowest BCUT2D eigenvalue weighted by Gasteiger charge is -2.02. The van der Waals surface area contributed by atoms with Crippen LogP contribution in [0, 0.1) is 0 Å². The van der Waals surface area contributed by atoms with Crippen LogP contribution >= 0.6 is 0 Å².